The number of nitrogens with one attached hydrogen (secondary N) is 2. The lowest BCUT2D eigenvalue weighted by atomic mass is 10.0. The van der Waals surface area contributed by atoms with E-state index in [1.165, 1.54) is 12.3 Å². The van der Waals surface area contributed by atoms with Crippen molar-refractivity contribution in [2.75, 3.05) is 6.61 Å². The highest BCUT2D eigenvalue weighted by molar-refractivity contribution is 5.86. The molecule has 0 saturated heterocycles. The van der Waals surface area contributed by atoms with E-state index in [0.29, 0.717) is 11.8 Å². The minimum Gasteiger partial charge on any atom is -0.490 e. The van der Waals surface area contributed by atoms with Crippen molar-refractivity contribution in [1.82, 2.24) is 20.5 Å². The molecule has 11 heteroatoms. The number of carbonyl (C=O) groups is 1. The molecule has 4 rings (SSSR count). The first-order valence-electron chi connectivity index (χ1n) is 12.2. The Morgan fingerprint density at radius 3 is 2.51 bits per heavy atom. The third-order valence-corrected chi connectivity index (χ3v) is 5.78. The highest BCUT2D eigenvalue weighted by Gasteiger charge is 2.34. The summed E-state index contributed by atoms with van der Waals surface area (Å²) in [5, 5.41) is 10.8. The van der Waals surface area contributed by atoms with E-state index in [0.717, 1.165) is 33.8 Å². The molecular formula is C28H28F4N4O3. The predicted octanol–water partition coefficient (Wildman–Crippen LogP) is 6.61. The van der Waals surface area contributed by atoms with Gasteiger partial charge in [0.1, 0.15) is 23.8 Å². The van der Waals surface area contributed by atoms with Crippen LogP contribution in [0.15, 0.2) is 54.9 Å². The first kappa shape index (κ1) is 27.9. The van der Waals surface area contributed by atoms with Crippen LogP contribution in [0.4, 0.5) is 22.4 Å². The Morgan fingerprint density at radius 1 is 1.05 bits per heavy atom. The van der Waals surface area contributed by atoms with Crippen LogP contribution in [-0.2, 0) is 17.3 Å². The molecule has 7 nitrogen and oxygen atoms in total. The van der Waals surface area contributed by atoms with Gasteiger partial charge in [-0.1, -0.05) is 12.1 Å². The van der Waals surface area contributed by atoms with E-state index in [2.05, 4.69) is 20.5 Å². The Bertz CT molecular complexity index is 1480. The summed E-state index contributed by atoms with van der Waals surface area (Å²) < 4.78 is 64.3. The van der Waals surface area contributed by atoms with E-state index >= 15 is 0 Å². The lowest BCUT2D eigenvalue weighted by Gasteiger charge is -2.24. The number of halogens is 4. The topological polar surface area (TPSA) is 89.1 Å². The molecule has 2 aromatic heterocycles. The molecule has 0 aliphatic rings. The molecule has 0 fully saturated rings. The molecule has 1 amide bonds. The number of H-pyrrole nitrogens is 1. The van der Waals surface area contributed by atoms with Gasteiger partial charge in [-0.15, -0.1) is 0 Å². The number of aromatic nitrogens is 3. The standard InChI is InChI=1S/C28H28F4N4O3/c1-16-22-12-18(6-8-25(22)36-35-16)19-11-21(14-33-13-19)38-15-20(34-26(37)39-27(2,3)4)9-17-5-7-23(24(29)10-17)28(30,31)32/h5-8,10-14,20H,9,15H2,1-4H3,(H,34,37)(H,35,36)/t20-/m0/s1. The maximum absolute atomic E-state index is 14.2. The fraction of sp³-hybridized carbons (Fsp3) is 0.321. The number of rotatable bonds is 7. The third-order valence-electron chi connectivity index (χ3n) is 5.78. The lowest BCUT2D eigenvalue weighted by molar-refractivity contribution is -0.140. The van der Waals surface area contributed by atoms with Gasteiger partial charge in [-0.25, -0.2) is 9.18 Å². The maximum Gasteiger partial charge on any atom is 0.419 e. The molecule has 39 heavy (non-hydrogen) atoms. The van der Waals surface area contributed by atoms with Crippen molar-refractivity contribution in [3.05, 3.63) is 77.5 Å². The smallest absolute Gasteiger partial charge is 0.419 e. The van der Waals surface area contributed by atoms with Crippen molar-refractivity contribution in [3.8, 4) is 16.9 Å². The highest BCUT2D eigenvalue weighted by atomic mass is 19.4. The zero-order valence-electron chi connectivity index (χ0n) is 21.8. The summed E-state index contributed by atoms with van der Waals surface area (Å²) in [5.74, 6) is -0.982. The van der Waals surface area contributed by atoms with Crippen molar-refractivity contribution in [2.45, 2.75) is 51.9 Å². The second-order valence-electron chi connectivity index (χ2n) is 10.2. The first-order chi connectivity index (χ1) is 18.3. The molecule has 0 aliphatic heterocycles. The van der Waals surface area contributed by atoms with Crippen LogP contribution >= 0.6 is 0 Å². The second kappa shape index (κ2) is 10.9. The molecular weight excluding hydrogens is 516 g/mol. The number of benzene rings is 2. The molecule has 0 radical (unpaired) electrons. The van der Waals surface area contributed by atoms with E-state index < -0.39 is 35.3 Å². The van der Waals surface area contributed by atoms with E-state index in [9.17, 15) is 22.4 Å². The van der Waals surface area contributed by atoms with Gasteiger partial charge < -0.3 is 14.8 Å². The van der Waals surface area contributed by atoms with Gasteiger partial charge >= 0.3 is 12.3 Å². The number of carbonyl (C=O) groups excluding carboxylic acids is 1. The van der Waals surface area contributed by atoms with E-state index in [1.807, 2.05) is 25.1 Å². The van der Waals surface area contributed by atoms with Crippen molar-refractivity contribution >= 4 is 17.0 Å². The normalized spacial score (nSPS) is 12.8. The zero-order valence-corrected chi connectivity index (χ0v) is 21.8. The molecule has 0 unspecified atom stereocenters. The van der Waals surface area contributed by atoms with Gasteiger partial charge in [0.05, 0.1) is 23.3 Å². The fourth-order valence-corrected chi connectivity index (χ4v) is 4.00. The minimum absolute atomic E-state index is 0.00213. The Labute approximate surface area is 222 Å². The first-order valence-corrected chi connectivity index (χ1v) is 12.2. The maximum atomic E-state index is 14.2. The van der Waals surface area contributed by atoms with Crippen LogP contribution in [0.2, 0.25) is 0 Å². The number of pyridine rings is 1. The molecule has 0 saturated carbocycles. The number of hydrogen-bond donors (Lipinski definition) is 2. The Balaban J connectivity index is 1.52. The number of amides is 1. The minimum atomic E-state index is -4.81. The molecule has 2 N–H and O–H groups in total. The van der Waals surface area contributed by atoms with Crippen LogP contribution in [0, 0.1) is 12.7 Å². The number of alkyl halides is 3. The van der Waals surface area contributed by atoms with Gasteiger partial charge in [0, 0.05) is 22.8 Å². The highest BCUT2D eigenvalue weighted by Crippen LogP contribution is 2.32. The largest absolute Gasteiger partial charge is 0.490 e. The number of fused-ring (bicyclic) bond motifs is 1. The summed E-state index contributed by atoms with van der Waals surface area (Å²) in [6.07, 6.45) is -2.35. The lowest BCUT2D eigenvalue weighted by Crippen LogP contribution is -2.43. The molecule has 206 valence electrons. The van der Waals surface area contributed by atoms with Gasteiger partial charge in [-0.3, -0.25) is 10.1 Å². The quantitative estimate of drug-likeness (QED) is 0.256. The average molecular weight is 545 g/mol. The van der Waals surface area contributed by atoms with Gasteiger partial charge in [0.2, 0.25) is 0 Å². The summed E-state index contributed by atoms with van der Waals surface area (Å²) >= 11 is 0. The third kappa shape index (κ3) is 7.24. The number of hydrogen-bond acceptors (Lipinski definition) is 5. The van der Waals surface area contributed by atoms with E-state index in [-0.39, 0.29) is 18.6 Å². The fourth-order valence-electron chi connectivity index (χ4n) is 4.00. The van der Waals surface area contributed by atoms with Crippen molar-refractivity contribution in [2.24, 2.45) is 0 Å². The number of ether oxygens (including phenoxy) is 2. The van der Waals surface area contributed by atoms with Gasteiger partial charge in [0.25, 0.3) is 0 Å². The molecule has 0 bridgehead atoms. The number of aromatic amines is 1. The Hall–Kier alpha value is -4.15. The summed E-state index contributed by atoms with van der Waals surface area (Å²) in [6.45, 7) is 6.94. The molecule has 0 aliphatic carbocycles. The zero-order chi connectivity index (χ0) is 28.4. The second-order valence-corrected chi connectivity index (χ2v) is 10.2. The van der Waals surface area contributed by atoms with Crippen molar-refractivity contribution in [1.29, 1.82) is 0 Å². The van der Waals surface area contributed by atoms with Gasteiger partial charge in [-0.05, 0) is 75.6 Å². The van der Waals surface area contributed by atoms with Gasteiger partial charge in [0.15, 0.2) is 0 Å². The van der Waals surface area contributed by atoms with Crippen molar-refractivity contribution < 1.29 is 31.8 Å². The summed E-state index contributed by atoms with van der Waals surface area (Å²) in [5.41, 5.74) is 1.58. The molecule has 2 heterocycles. The SMILES string of the molecule is Cc1[nH]nc2ccc(-c3cncc(OC[C@H](Cc4ccc(C(F)(F)F)c(F)c4)NC(=O)OC(C)(C)C)c3)cc12. The number of aryl methyl sites for hydroxylation is 1. The molecule has 0 spiro atoms. The number of alkyl carbamates (subject to hydrolysis) is 1. The van der Waals surface area contributed by atoms with Crippen LogP contribution in [0.3, 0.4) is 0 Å². The monoisotopic (exact) mass is 544 g/mol. The number of nitrogens with zero attached hydrogens (tertiary/aromatic N) is 2. The van der Waals surface area contributed by atoms with Crippen LogP contribution in [-0.4, -0.2) is 39.5 Å². The van der Waals surface area contributed by atoms with Crippen LogP contribution in [0.25, 0.3) is 22.0 Å². The van der Waals surface area contributed by atoms with Crippen LogP contribution < -0.4 is 10.1 Å². The Kier molecular flexibility index (Phi) is 7.80. The summed E-state index contributed by atoms with van der Waals surface area (Å²) in [7, 11) is 0. The van der Waals surface area contributed by atoms with Crippen molar-refractivity contribution in [3.63, 3.8) is 0 Å². The molecule has 1 atom stereocenters. The molecule has 4 aromatic rings. The summed E-state index contributed by atoms with van der Waals surface area (Å²) in [6, 6.07) is 9.49. The predicted molar refractivity (Wildman–Crippen MR) is 138 cm³/mol. The summed E-state index contributed by atoms with van der Waals surface area (Å²) in [4.78, 5) is 16.7. The van der Waals surface area contributed by atoms with Gasteiger partial charge in [-0.2, -0.15) is 18.3 Å². The van der Waals surface area contributed by atoms with Crippen LogP contribution in [0.5, 0.6) is 5.75 Å². The van der Waals surface area contributed by atoms with Crippen LogP contribution in [0.1, 0.15) is 37.6 Å². The van der Waals surface area contributed by atoms with E-state index in [4.69, 9.17) is 9.47 Å². The average Bonchev–Trinajstić information content (AvgIpc) is 3.21. The van der Waals surface area contributed by atoms with E-state index in [1.54, 1.807) is 33.0 Å². The molecule has 2 aromatic carbocycles. The Morgan fingerprint density at radius 2 is 1.82 bits per heavy atom.